The number of alkyl halides is 3. The molecule has 2 aromatic rings. The minimum Gasteiger partial charge on any atom is -0.490 e. The third-order valence-corrected chi connectivity index (χ3v) is 2.87. The number of hydrogen-bond acceptors (Lipinski definition) is 3. The highest BCUT2D eigenvalue weighted by molar-refractivity contribution is 5.81. The van der Waals surface area contributed by atoms with Gasteiger partial charge in [-0.05, 0) is 38.1 Å². The van der Waals surface area contributed by atoms with Gasteiger partial charge in [0, 0.05) is 22.9 Å². The maximum atomic E-state index is 12.6. The fourth-order valence-electron chi connectivity index (χ4n) is 1.92. The van der Waals surface area contributed by atoms with Crippen molar-refractivity contribution in [2.75, 3.05) is 0 Å². The number of aldehydes is 1. The molecule has 0 saturated heterocycles. The fourth-order valence-corrected chi connectivity index (χ4v) is 1.92. The number of ether oxygens (including phenoxy) is 1. The topological polar surface area (TPSA) is 39.2 Å². The molecule has 1 aromatic carbocycles. The molecular formula is C16H14F3NO2. The summed E-state index contributed by atoms with van der Waals surface area (Å²) < 4.78 is 43.3. The molecule has 6 heteroatoms. The number of nitrogens with zero attached hydrogens (tertiary/aromatic N) is 1. The normalized spacial score (nSPS) is 11.5. The van der Waals surface area contributed by atoms with E-state index in [1.165, 1.54) is 6.07 Å². The van der Waals surface area contributed by atoms with Crippen LogP contribution < -0.4 is 4.74 Å². The predicted octanol–water partition coefficient (Wildman–Crippen LogP) is 4.37. The molecule has 0 N–H and O–H groups in total. The Morgan fingerprint density at radius 3 is 2.41 bits per heavy atom. The van der Waals surface area contributed by atoms with Crippen molar-refractivity contribution in [3.8, 4) is 16.9 Å². The smallest absolute Gasteiger partial charge is 0.433 e. The number of benzene rings is 1. The van der Waals surface area contributed by atoms with Gasteiger partial charge in [-0.15, -0.1) is 0 Å². The van der Waals surface area contributed by atoms with E-state index in [0.717, 1.165) is 12.3 Å². The Morgan fingerprint density at radius 1 is 1.18 bits per heavy atom. The first-order chi connectivity index (χ1) is 10.3. The molecule has 0 spiro atoms. The Bertz CT molecular complexity index is 664. The Kier molecular flexibility index (Phi) is 4.49. The Hall–Kier alpha value is -2.37. The summed E-state index contributed by atoms with van der Waals surface area (Å²) in [7, 11) is 0. The molecule has 2 rings (SSSR count). The second-order valence-corrected chi connectivity index (χ2v) is 4.97. The average Bonchev–Trinajstić information content (AvgIpc) is 2.46. The van der Waals surface area contributed by atoms with Crippen molar-refractivity contribution in [2.24, 2.45) is 0 Å². The second kappa shape index (κ2) is 6.17. The van der Waals surface area contributed by atoms with Crippen LogP contribution in [0.1, 0.15) is 29.9 Å². The molecule has 0 aliphatic rings. The first-order valence-corrected chi connectivity index (χ1v) is 6.61. The van der Waals surface area contributed by atoms with E-state index in [2.05, 4.69) is 4.98 Å². The van der Waals surface area contributed by atoms with Crippen molar-refractivity contribution in [3.63, 3.8) is 0 Å². The van der Waals surface area contributed by atoms with Crippen molar-refractivity contribution in [1.29, 1.82) is 0 Å². The van der Waals surface area contributed by atoms with Crippen molar-refractivity contribution in [1.82, 2.24) is 4.98 Å². The molecule has 0 unspecified atom stereocenters. The lowest BCUT2D eigenvalue weighted by molar-refractivity contribution is -0.141. The van der Waals surface area contributed by atoms with Gasteiger partial charge in [0.1, 0.15) is 17.7 Å². The zero-order valence-electron chi connectivity index (χ0n) is 12.0. The van der Waals surface area contributed by atoms with Gasteiger partial charge in [0.2, 0.25) is 0 Å². The molecule has 0 radical (unpaired) electrons. The maximum absolute atomic E-state index is 12.6. The van der Waals surface area contributed by atoms with Crippen LogP contribution in [0.3, 0.4) is 0 Å². The van der Waals surface area contributed by atoms with Gasteiger partial charge in [-0.1, -0.05) is 6.07 Å². The molecule has 3 nitrogen and oxygen atoms in total. The molecule has 0 bridgehead atoms. The predicted molar refractivity (Wildman–Crippen MR) is 75.8 cm³/mol. The van der Waals surface area contributed by atoms with Crippen LogP contribution in [-0.4, -0.2) is 17.4 Å². The van der Waals surface area contributed by atoms with Gasteiger partial charge in [-0.2, -0.15) is 13.2 Å². The Labute approximate surface area is 125 Å². The van der Waals surface area contributed by atoms with Crippen LogP contribution in [0.5, 0.6) is 5.75 Å². The van der Waals surface area contributed by atoms with Crippen LogP contribution >= 0.6 is 0 Å². The van der Waals surface area contributed by atoms with Gasteiger partial charge in [0.05, 0.1) is 6.10 Å². The van der Waals surface area contributed by atoms with E-state index in [0.29, 0.717) is 28.7 Å². The molecule has 0 fully saturated rings. The number of hydrogen-bond donors (Lipinski definition) is 0. The third-order valence-electron chi connectivity index (χ3n) is 2.87. The summed E-state index contributed by atoms with van der Waals surface area (Å²) >= 11 is 0. The standard InChI is InChI=1S/C16H14F3NO2/c1-10(2)22-14-5-3-11(9-21)7-13(14)12-4-6-15(20-8-12)16(17,18)19/h3-10H,1-2H3. The van der Waals surface area contributed by atoms with Crippen LogP contribution in [0.4, 0.5) is 13.2 Å². The van der Waals surface area contributed by atoms with E-state index in [-0.39, 0.29) is 6.10 Å². The number of halogens is 3. The summed E-state index contributed by atoms with van der Waals surface area (Å²) in [5, 5.41) is 0. The highest BCUT2D eigenvalue weighted by Gasteiger charge is 2.32. The van der Waals surface area contributed by atoms with E-state index in [1.54, 1.807) is 18.2 Å². The Morgan fingerprint density at radius 2 is 1.91 bits per heavy atom. The molecule has 1 heterocycles. The minimum atomic E-state index is -4.49. The quantitative estimate of drug-likeness (QED) is 0.787. The van der Waals surface area contributed by atoms with Gasteiger partial charge in [-0.3, -0.25) is 9.78 Å². The molecule has 0 atom stereocenters. The first-order valence-electron chi connectivity index (χ1n) is 6.61. The average molecular weight is 309 g/mol. The van der Waals surface area contributed by atoms with Crippen LogP contribution in [0.15, 0.2) is 36.5 Å². The highest BCUT2D eigenvalue weighted by Crippen LogP contribution is 2.33. The number of rotatable bonds is 4. The molecule has 0 amide bonds. The first kappa shape index (κ1) is 16.0. The van der Waals surface area contributed by atoms with Crippen LogP contribution in [0.2, 0.25) is 0 Å². The summed E-state index contributed by atoms with van der Waals surface area (Å²) in [6.45, 7) is 3.67. The van der Waals surface area contributed by atoms with Crippen molar-refractivity contribution in [3.05, 3.63) is 47.8 Å². The summed E-state index contributed by atoms with van der Waals surface area (Å²) in [6, 6.07) is 6.99. The summed E-state index contributed by atoms with van der Waals surface area (Å²) in [4.78, 5) is 14.3. The van der Waals surface area contributed by atoms with E-state index in [1.807, 2.05) is 13.8 Å². The summed E-state index contributed by atoms with van der Waals surface area (Å²) in [5.74, 6) is 0.488. The van der Waals surface area contributed by atoms with E-state index in [9.17, 15) is 18.0 Å². The zero-order valence-corrected chi connectivity index (χ0v) is 12.0. The molecule has 116 valence electrons. The van der Waals surface area contributed by atoms with Crippen LogP contribution in [0, 0.1) is 0 Å². The van der Waals surface area contributed by atoms with Gasteiger partial charge in [0.25, 0.3) is 0 Å². The van der Waals surface area contributed by atoms with E-state index >= 15 is 0 Å². The van der Waals surface area contributed by atoms with Crippen molar-refractivity contribution in [2.45, 2.75) is 26.1 Å². The van der Waals surface area contributed by atoms with Gasteiger partial charge < -0.3 is 4.74 Å². The van der Waals surface area contributed by atoms with Gasteiger partial charge >= 0.3 is 6.18 Å². The van der Waals surface area contributed by atoms with Crippen molar-refractivity contribution >= 4 is 6.29 Å². The molecule has 0 aliphatic carbocycles. The minimum absolute atomic E-state index is 0.108. The van der Waals surface area contributed by atoms with E-state index in [4.69, 9.17) is 4.74 Å². The van der Waals surface area contributed by atoms with Crippen LogP contribution in [0.25, 0.3) is 11.1 Å². The van der Waals surface area contributed by atoms with Crippen LogP contribution in [-0.2, 0) is 6.18 Å². The second-order valence-electron chi connectivity index (χ2n) is 4.97. The molecule has 22 heavy (non-hydrogen) atoms. The SMILES string of the molecule is CC(C)Oc1ccc(C=O)cc1-c1ccc(C(F)(F)F)nc1. The third kappa shape index (κ3) is 3.63. The summed E-state index contributed by atoms with van der Waals surface area (Å²) in [6.07, 6.45) is -2.80. The summed E-state index contributed by atoms with van der Waals surface area (Å²) in [5.41, 5.74) is 0.423. The molecule has 1 aromatic heterocycles. The lowest BCUT2D eigenvalue weighted by Gasteiger charge is -2.15. The largest absolute Gasteiger partial charge is 0.490 e. The van der Waals surface area contributed by atoms with Gasteiger partial charge in [-0.25, -0.2) is 0 Å². The molecule has 0 saturated carbocycles. The number of carbonyl (C=O) groups excluding carboxylic acids is 1. The number of carbonyl (C=O) groups is 1. The lowest BCUT2D eigenvalue weighted by Crippen LogP contribution is -2.08. The molecular weight excluding hydrogens is 295 g/mol. The number of aromatic nitrogens is 1. The van der Waals surface area contributed by atoms with Crippen molar-refractivity contribution < 1.29 is 22.7 Å². The number of pyridine rings is 1. The zero-order chi connectivity index (χ0) is 16.3. The fraction of sp³-hybridized carbons (Fsp3) is 0.250. The van der Waals surface area contributed by atoms with E-state index < -0.39 is 11.9 Å². The van der Waals surface area contributed by atoms with Gasteiger partial charge in [0.15, 0.2) is 0 Å². The lowest BCUT2D eigenvalue weighted by atomic mass is 10.0. The Balaban J connectivity index is 2.47. The molecule has 0 aliphatic heterocycles. The highest BCUT2D eigenvalue weighted by atomic mass is 19.4. The monoisotopic (exact) mass is 309 g/mol. The maximum Gasteiger partial charge on any atom is 0.433 e.